The van der Waals surface area contributed by atoms with E-state index in [1.54, 1.807) is 0 Å². The molecule has 2 atom stereocenters. The van der Waals surface area contributed by atoms with Crippen LogP contribution in [0.25, 0.3) is 0 Å². The Bertz CT molecular complexity index is 387. The molecule has 3 nitrogen and oxygen atoms in total. The van der Waals surface area contributed by atoms with E-state index >= 15 is 0 Å². The molecule has 0 spiro atoms. The molecule has 0 aromatic carbocycles. The first-order valence-corrected chi connectivity index (χ1v) is 6.80. The summed E-state index contributed by atoms with van der Waals surface area (Å²) >= 11 is 0. The molecule has 0 aliphatic heterocycles. The highest BCUT2D eigenvalue weighted by atomic mass is 15.2. The quantitative estimate of drug-likeness (QED) is 0.619. The number of nitrogens with zero attached hydrogens (tertiary/aromatic N) is 1. The fourth-order valence-electron chi connectivity index (χ4n) is 3.37. The van der Waals surface area contributed by atoms with E-state index in [4.69, 9.17) is 5.84 Å². The summed E-state index contributed by atoms with van der Waals surface area (Å²) in [4.78, 5) is 4.61. The molecular weight excluding hydrogens is 210 g/mol. The number of aryl methyl sites for hydroxylation is 1. The maximum atomic E-state index is 5.79. The summed E-state index contributed by atoms with van der Waals surface area (Å²) in [6, 6.07) is 4.70. The average Bonchev–Trinajstić information content (AvgIpc) is 2.33. The molecule has 0 saturated heterocycles. The van der Waals surface area contributed by atoms with Gasteiger partial charge in [-0.3, -0.25) is 16.3 Å². The fourth-order valence-corrected chi connectivity index (χ4v) is 3.37. The molecule has 17 heavy (non-hydrogen) atoms. The Morgan fingerprint density at radius 2 is 2.18 bits per heavy atom. The molecule has 1 fully saturated rings. The van der Waals surface area contributed by atoms with Crippen LogP contribution in [0, 0.1) is 5.92 Å². The highest BCUT2D eigenvalue weighted by Gasteiger charge is 2.36. The van der Waals surface area contributed by atoms with Crippen LogP contribution >= 0.6 is 0 Å². The molecule has 1 aromatic rings. The Labute approximate surface area is 103 Å². The monoisotopic (exact) mass is 231 g/mol. The van der Waals surface area contributed by atoms with Crippen molar-refractivity contribution in [3.05, 3.63) is 29.6 Å². The molecule has 3 heteroatoms. The van der Waals surface area contributed by atoms with Gasteiger partial charge in [-0.2, -0.15) is 0 Å². The van der Waals surface area contributed by atoms with Gasteiger partial charge in [0.05, 0.1) is 0 Å². The highest BCUT2D eigenvalue weighted by molar-refractivity contribution is 5.27. The molecule has 3 N–H and O–H groups in total. The maximum Gasteiger partial charge on any atom is 0.0482 e. The molecule has 92 valence electrons. The van der Waals surface area contributed by atoms with Crippen molar-refractivity contribution in [2.75, 3.05) is 0 Å². The number of fused-ring (bicyclic) bond motifs is 1. The van der Waals surface area contributed by atoms with Crippen LogP contribution in [0.5, 0.6) is 0 Å². The lowest BCUT2D eigenvalue weighted by atomic mass is 9.71. The minimum absolute atomic E-state index is 0.428. The van der Waals surface area contributed by atoms with Crippen LogP contribution in [0.15, 0.2) is 18.3 Å². The number of pyridine rings is 1. The molecule has 1 saturated carbocycles. The van der Waals surface area contributed by atoms with Crippen LogP contribution in [0.4, 0.5) is 0 Å². The summed E-state index contributed by atoms with van der Waals surface area (Å²) in [6.07, 6.45) is 9.63. The first kappa shape index (κ1) is 11.2. The van der Waals surface area contributed by atoms with E-state index in [9.17, 15) is 0 Å². The SMILES string of the molecule is NNC(C1CCC1)C1CCCc2cccnc21. The van der Waals surface area contributed by atoms with Gasteiger partial charge in [-0.1, -0.05) is 12.5 Å². The van der Waals surface area contributed by atoms with Gasteiger partial charge < -0.3 is 0 Å². The third-order valence-corrected chi connectivity index (χ3v) is 4.52. The number of nitrogens with one attached hydrogen (secondary N) is 1. The third kappa shape index (κ3) is 1.98. The van der Waals surface area contributed by atoms with E-state index < -0.39 is 0 Å². The molecule has 3 rings (SSSR count). The van der Waals surface area contributed by atoms with Crippen molar-refractivity contribution >= 4 is 0 Å². The largest absolute Gasteiger partial charge is 0.271 e. The first-order valence-electron chi connectivity index (χ1n) is 6.80. The Morgan fingerprint density at radius 1 is 1.29 bits per heavy atom. The molecule has 0 amide bonds. The van der Waals surface area contributed by atoms with E-state index in [-0.39, 0.29) is 0 Å². The molecule has 1 heterocycles. The van der Waals surface area contributed by atoms with E-state index in [1.165, 1.54) is 49.8 Å². The molecular formula is C14H21N3. The van der Waals surface area contributed by atoms with Gasteiger partial charge in [-0.25, -0.2) is 0 Å². The van der Waals surface area contributed by atoms with E-state index in [0.717, 1.165) is 5.92 Å². The number of hydrogen-bond acceptors (Lipinski definition) is 3. The lowest BCUT2D eigenvalue weighted by Gasteiger charge is -2.40. The summed E-state index contributed by atoms with van der Waals surface area (Å²) in [5, 5.41) is 0. The number of nitrogens with two attached hydrogens (primary N) is 1. The normalized spacial score (nSPS) is 26.1. The predicted molar refractivity (Wildman–Crippen MR) is 68.4 cm³/mol. The Kier molecular flexibility index (Phi) is 3.12. The zero-order valence-corrected chi connectivity index (χ0v) is 10.2. The maximum absolute atomic E-state index is 5.79. The average molecular weight is 231 g/mol. The van der Waals surface area contributed by atoms with Crippen molar-refractivity contribution in [1.29, 1.82) is 0 Å². The van der Waals surface area contributed by atoms with Gasteiger partial charge in [-0.15, -0.1) is 0 Å². The zero-order chi connectivity index (χ0) is 11.7. The van der Waals surface area contributed by atoms with Crippen molar-refractivity contribution < 1.29 is 0 Å². The summed E-state index contributed by atoms with van der Waals surface area (Å²) in [5.41, 5.74) is 5.81. The van der Waals surface area contributed by atoms with Crippen LogP contribution in [-0.4, -0.2) is 11.0 Å². The van der Waals surface area contributed by atoms with E-state index in [1.807, 2.05) is 6.20 Å². The molecule has 0 radical (unpaired) electrons. The van der Waals surface area contributed by atoms with Gasteiger partial charge in [-0.05, 0) is 49.7 Å². The van der Waals surface area contributed by atoms with Crippen molar-refractivity contribution in [2.24, 2.45) is 11.8 Å². The van der Waals surface area contributed by atoms with Gasteiger partial charge in [0.1, 0.15) is 0 Å². The molecule has 2 unspecified atom stereocenters. The second kappa shape index (κ2) is 4.75. The first-order chi connectivity index (χ1) is 8.40. The van der Waals surface area contributed by atoms with Crippen LogP contribution in [0.2, 0.25) is 0 Å². The number of hydrazine groups is 1. The van der Waals surface area contributed by atoms with Crippen LogP contribution in [0.3, 0.4) is 0 Å². The second-order valence-corrected chi connectivity index (χ2v) is 5.43. The number of aromatic nitrogens is 1. The lowest BCUT2D eigenvalue weighted by molar-refractivity contribution is 0.193. The minimum atomic E-state index is 0.428. The van der Waals surface area contributed by atoms with Crippen molar-refractivity contribution in [1.82, 2.24) is 10.4 Å². The van der Waals surface area contributed by atoms with Gasteiger partial charge >= 0.3 is 0 Å². The topological polar surface area (TPSA) is 50.9 Å². The van der Waals surface area contributed by atoms with Gasteiger partial charge in [0.2, 0.25) is 0 Å². The Morgan fingerprint density at radius 3 is 2.88 bits per heavy atom. The van der Waals surface area contributed by atoms with Crippen LogP contribution in [0.1, 0.15) is 49.3 Å². The lowest BCUT2D eigenvalue weighted by Crippen LogP contribution is -2.48. The number of hydrogen-bond donors (Lipinski definition) is 2. The van der Waals surface area contributed by atoms with Gasteiger partial charge in [0.25, 0.3) is 0 Å². The third-order valence-electron chi connectivity index (χ3n) is 4.52. The Balaban J connectivity index is 1.87. The molecule has 0 bridgehead atoms. The minimum Gasteiger partial charge on any atom is -0.271 e. The zero-order valence-electron chi connectivity index (χ0n) is 10.2. The molecule has 1 aromatic heterocycles. The summed E-state index contributed by atoms with van der Waals surface area (Å²) in [7, 11) is 0. The van der Waals surface area contributed by atoms with Crippen molar-refractivity contribution in [3.8, 4) is 0 Å². The summed E-state index contributed by atoms with van der Waals surface area (Å²) in [6.45, 7) is 0. The highest BCUT2D eigenvalue weighted by Crippen LogP contribution is 2.40. The van der Waals surface area contributed by atoms with Crippen molar-refractivity contribution in [2.45, 2.75) is 50.5 Å². The second-order valence-electron chi connectivity index (χ2n) is 5.43. The smallest absolute Gasteiger partial charge is 0.0482 e. The molecule has 2 aliphatic carbocycles. The molecule has 2 aliphatic rings. The fraction of sp³-hybridized carbons (Fsp3) is 0.643. The predicted octanol–water partition coefficient (Wildman–Crippen LogP) is 2.13. The van der Waals surface area contributed by atoms with Crippen molar-refractivity contribution in [3.63, 3.8) is 0 Å². The van der Waals surface area contributed by atoms with Crippen LogP contribution in [-0.2, 0) is 6.42 Å². The summed E-state index contributed by atoms with van der Waals surface area (Å²) < 4.78 is 0. The number of rotatable bonds is 3. The van der Waals surface area contributed by atoms with Crippen LogP contribution < -0.4 is 11.3 Å². The van der Waals surface area contributed by atoms with Gasteiger partial charge in [0, 0.05) is 23.9 Å². The summed E-state index contributed by atoms with van der Waals surface area (Å²) in [5.74, 6) is 7.08. The van der Waals surface area contributed by atoms with E-state index in [0.29, 0.717) is 12.0 Å². The standard InChI is InChI=1S/C14H21N3/c15-17-14(11-4-1-5-11)12-8-2-6-10-7-3-9-16-13(10)12/h3,7,9,11-12,14,17H,1-2,4-6,8,15H2. The van der Waals surface area contributed by atoms with Gasteiger partial charge in [0.15, 0.2) is 0 Å². The van der Waals surface area contributed by atoms with E-state index in [2.05, 4.69) is 22.5 Å². The Hall–Kier alpha value is -0.930.